The molecule has 6 nitrogen and oxygen atoms in total. The first-order chi connectivity index (χ1) is 11.0. The summed E-state index contributed by atoms with van der Waals surface area (Å²) in [4.78, 5) is 18.4. The molecule has 1 aromatic heterocycles. The predicted octanol–water partition coefficient (Wildman–Crippen LogP) is 1.62. The van der Waals surface area contributed by atoms with Gasteiger partial charge in [-0.25, -0.2) is 8.42 Å². The van der Waals surface area contributed by atoms with Crippen molar-refractivity contribution in [1.29, 1.82) is 0 Å². The Morgan fingerprint density at radius 2 is 1.91 bits per heavy atom. The van der Waals surface area contributed by atoms with E-state index in [0.717, 1.165) is 28.8 Å². The average Bonchev–Trinajstić information content (AvgIpc) is 3.05. The van der Waals surface area contributed by atoms with Crippen molar-refractivity contribution in [3.05, 3.63) is 36.5 Å². The number of fused-ring (bicyclic) bond motifs is 1. The summed E-state index contributed by atoms with van der Waals surface area (Å²) in [6.07, 6.45) is 4.68. The number of aromatic nitrogens is 1. The molecule has 7 heteroatoms. The second kappa shape index (κ2) is 6.16. The molecule has 3 rings (SSSR count). The number of likely N-dealkylation sites (tertiary alicyclic amines) is 1. The third-order valence-electron chi connectivity index (χ3n) is 4.02. The Balaban J connectivity index is 2.00. The zero-order valence-corrected chi connectivity index (χ0v) is 13.8. The molecule has 1 amide bonds. The number of nitrogens with zero attached hydrogens (tertiary/aromatic N) is 3. The van der Waals surface area contributed by atoms with E-state index in [1.807, 2.05) is 12.1 Å². The molecule has 0 unspecified atom stereocenters. The molecule has 0 bridgehead atoms. The van der Waals surface area contributed by atoms with E-state index in [4.69, 9.17) is 0 Å². The minimum atomic E-state index is -3.59. The topological polar surface area (TPSA) is 70.6 Å². The number of amides is 1. The molecule has 1 aliphatic heterocycles. The number of anilines is 1. The smallest absolute Gasteiger partial charge is 0.243 e. The van der Waals surface area contributed by atoms with Crippen LogP contribution in [0.2, 0.25) is 0 Å². The number of hydrogen-bond donors (Lipinski definition) is 0. The maximum Gasteiger partial charge on any atom is 0.243 e. The first-order valence-electron chi connectivity index (χ1n) is 7.56. The summed E-state index contributed by atoms with van der Waals surface area (Å²) >= 11 is 0. The Hall–Kier alpha value is -2.15. The van der Waals surface area contributed by atoms with E-state index in [1.165, 1.54) is 0 Å². The predicted molar refractivity (Wildman–Crippen MR) is 89.7 cm³/mol. The Labute approximate surface area is 135 Å². The van der Waals surface area contributed by atoms with E-state index in [2.05, 4.69) is 4.98 Å². The molecule has 1 aliphatic rings. The average molecular weight is 333 g/mol. The van der Waals surface area contributed by atoms with Crippen LogP contribution in [0.4, 0.5) is 5.69 Å². The molecule has 1 aromatic carbocycles. The second-order valence-electron chi connectivity index (χ2n) is 5.71. The van der Waals surface area contributed by atoms with Gasteiger partial charge in [0.2, 0.25) is 15.9 Å². The van der Waals surface area contributed by atoms with Gasteiger partial charge < -0.3 is 4.90 Å². The van der Waals surface area contributed by atoms with Crippen LogP contribution in [0.3, 0.4) is 0 Å². The van der Waals surface area contributed by atoms with Crippen molar-refractivity contribution in [2.24, 2.45) is 0 Å². The summed E-state index contributed by atoms with van der Waals surface area (Å²) < 4.78 is 25.7. The standard InChI is InChI=1S/C16H19N3O3S/c1-23(21,22)19(12-15(20)18-10-2-3-11-18)14-8-4-6-13-7-5-9-17-16(13)14/h4-9H,2-3,10-12H2,1H3. The lowest BCUT2D eigenvalue weighted by atomic mass is 10.2. The second-order valence-corrected chi connectivity index (χ2v) is 7.62. The molecule has 2 aromatic rings. The summed E-state index contributed by atoms with van der Waals surface area (Å²) in [5.41, 5.74) is 1.02. The van der Waals surface area contributed by atoms with Crippen molar-refractivity contribution in [2.75, 3.05) is 30.2 Å². The maximum atomic E-state index is 12.4. The number of carbonyl (C=O) groups is 1. The van der Waals surface area contributed by atoms with Gasteiger partial charge in [-0.1, -0.05) is 18.2 Å². The highest BCUT2D eigenvalue weighted by Crippen LogP contribution is 2.26. The van der Waals surface area contributed by atoms with Gasteiger partial charge in [0.15, 0.2) is 0 Å². The Kier molecular flexibility index (Phi) is 4.21. The van der Waals surface area contributed by atoms with E-state index in [-0.39, 0.29) is 12.5 Å². The molecular formula is C16H19N3O3S. The first-order valence-corrected chi connectivity index (χ1v) is 9.41. The highest BCUT2D eigenvalue weighted by atomic mass is 32.2. The van der Waals surface area contributed by atoms with Crippen LogP contribution in [0.15, 0.2) is 36.5 Å². The quantitative estimate of drug-likeness (QED) is 0.852. The largest absolute Gasteiger partial charge is 0.341 e. The number of carbonyl (C=O) groups excluding carboxylic acids is 1. The van der Waals surface area contributed by atoms with Gasteiger partial charge in [0, 0.05) is 24.7 Å². The monoisotopic (exact) mass is 333 g/mol. The molecular weight excluding hydrogens is 314 g/mol. The molecule has 0 saturated carbocycles. The van der Waals surface area contributed by atoms with Gasteiger partial charge in [-0.05, 0) is 25.0 Å². The van der Waals surface area contributed by atoms with E-state index < -0.39 is 10.0 Å². The van der Waals surface area contributed by atoms with Crippen LogP contribution in [0.25, 0.3) is 10.9 Å². The number of rotatable bonds is 4. The third kappa shape index (κ3) is 3.29. The maximum absolute atomic E-state index is 12.4. The summed E-state index contributed by atoms with van der Waals surface area (Å²) in [7, 11) is -3.59. The number of sulfonamides is 1. The normalized spacial score (nSPS) is 15.1. The van der Waals surface area contributed by atoms with Crippen molar-refractivity contribution in [3.63, 3.8) is 0 Å². The van der Waals surface area contributed by atoms with Gasteiger partial charge in [0.1, 0.15) is 6.54 Å². The lowest BCUT2D eigenvalue weighted by Crippen LogP contribution is -2.41. The first kappa shape index (κ1) is 15.7. The van der Waals surface area contributed by atoms with Gasteiger partial charge in [-0.15, -0.1) is 0 Å². The molecule has 23 heavy (non-hydrogen) atoms. The van der Waals surface area contributed by atoms with Crippen molar-refractivity contribution >= 4 is 32.5 Å². The van der Waals surface area contributed by atoms with Crippen LogP contribution < -0.4 is 4.31 Å². The van der Waals surface area contributed by atoms with Gasteiger partial charge in [-0.2, -0.15) is 0 Å². The van der Waals surface area contributed by atoms with Crippen LogP contribution in [-0.4, -0.2) is 50.1 Å². The highest BCUT2D eigenvalue weighted by Gasteiger charge is 2.26. The minimum Gasteiger partial charge on any atom is -0.341 e. The van der Waals surface area contributed by atoms with E-state index >= 15 is 0 Å². The molecule has 0 radical (unpaired) electrons. The lowest BCUT2D eigenvalue weighted by Gasteiger charge is -2.25. The fourth-order valence-corrected chi connectivity index (χ4v) is 3.71. The number of hydrogen-bond acceptors (Lipinski definition) is 4. The summed E-state index contributed by atoms with van der Waals surface area (Å²) in [5.74, 6) is -0.166. The number of benzene rings is 1. The van der Waals surface area contributed by atoms with Gasteiger partial charge in [-0.3, -0.25) is 14.1 Å². The van der Waals surface area contributed by atoms with E-state index in [9.17, 15) is 13.2 Å². The summed E-state index contributed by atoms with van der Waals surface area (Å²) in [6.45, 7) is 1.21. The molecule has 0 aliphatic carbocycles. The summed E-state index contributed by atoms with van der Waals surface area (Å²) in [5, 5.41) is 0.840. The van der Waals surface area contributed by atoms with Crippen molar-refractivity contribution in [3.8, 4) is 0 Å². The fraction of sp³-hybridized carbons (Fsp3) is 0.375. The van der Waals surface area contributed by atoms with Gasteiger partial charge >= 0.3 is 0 Å². The van der Waals surface area contributed by atoms with Crippen LogP contribution >= 0.6 is 0 Å². The Bertz CT molecular complexity index is 824. The van der Waals surface area contributed by atoms with Crippen molar-refractivity contribution in [2.45, 2.75) is 12.8 Å². The molecule has 1 saturated heterocycles. The van der Waals surface area contributed by atoms with Crippen molar-refractivity contribution < 1.29 is 13.2 Å². The Morgan fingerprint density at radius 1 is 1.22 bits per heavy atom. The van der Waals surface area contributed by atoms with Gasteiger partial charge in [0.25, 0.3) is 0 Å². The molecule has 1 fully saturated rings. The molecule has 2 heterocycles. The lowest BCUT2D eigenvalue weighted by molar-refractivity contribution is -0.128. The van der Waals surface area contributed by atoms with Crippen molar-refractivity contribution in [1.82, 2.24) is 9.88 Å². The Morgan fingerprint density at radius 3 is 2.61 bits per heavy atom. The van der Waals surface area contributed by atoms with E-state index in [0.29, 0.717) is 24.3 Å². The SMILES string of the molecule is CS(=O)(=O)N(CC(=O)N1CCCC1)c1cccc2cccnc12. The molecule has 0 N–H and O–H groups in total. The molecule has 0 atom stereocenters. The van der Waals surface area contributed by atoms with Crippen LogP contribution in [-0.2, 0) is 14.8 Å². The zero-order chi connectivity index (χ0) is 16.4. The minimum absolute atomic E-state index is 0.166. The number of para-hydroxylation sites is 1. The summed E-state index contributed by atoms with van der Waals surface area (Å²) in [6, 6.07) is 9.00. The number of pyridine rings is 1. The van der Waals surface area contributed by atoms with E-state index in [1.54, 1.807) is 29.3 Å². The fourth-order valence-electron chi connectivity index (χ4n) is 2.86. The van der Waals surface area contributed by atoms with Gasteiger partial charge in [0.05, 0.1) is 17.5 Å². The van der Waals surface area contributed by atoms with Crippen LogP contribution in [0.1, 0.15) is 12.8 Å². The zero-order valence-electron chi connectivity index (χ0n) is 13.0. The third-order valence-corrected chi connectivity index (χ3v) is 5.14. The molecule has 122 valence electrons. The highest BCUT2D eigenvalue weighted by molar-refractivity contribution is 7.92. The molecule has 0 spiro atoms. The van der Waals surface area contributed by atoms with Crippen LogP contribution in [0, 0.1) is 0 Å². The van der Waals surface area contributed by atoms with Crippen LogP contribution in [0.5, 0.6) is 0 Å².